The Morgan fingerprint density at radius 1 is 1.24 bits per heavy atom. The zero-order valence-corrected chi connectivity index (χ0v) is 13.3. The first kappa shape index (κ1) is 15.4. The largest absolute Gasteiger partial charge is 0.351 e. The fraction of sp³-hybridized carbons (Fsp3) is 0.429. The first-order valence-corrected chi connectivity index (χ1v) is 7.67. The van der Waals surface area contributed by atoms with Crippen LogP contribution in [-0.2, 0) is 13.1 Å². The lowest BCUT2D eigenvalue weighted by molar-refractivity contribution is 0.776. The number of aromatic nitrogens is 3. The van der Waals surface area contributed by atoms with Crippen LogP contribution in [0, 0.1) is 0 Å². The van der Waals surface area contributed by atoms with Crippen LogP contribution in [0.1, 0.15) is 35.5 Å². The fourth-order valence-electron chi connectivity index (χ4n) is 1.63. The van der Waals surface area contributed by atoms with Crippen molar-refractivity contribution in [2.45, 2.75) is 32.9 Å². The summed E-state index contributed by atoms with van der Waals surface area (Å²) in [5.74, 6) is 1.14. The van der Waals surface area contributed by atoms with Gasteiger partial charge in [-0.25, -0.2) is 0 Å². The van der Waals surface area contributed by atoms with E-state index < -0.39 is 0 Å². The number of nitrogens with zero attached hydrogens (tertiary/aromatic N) is 4. The highest BCUT2D eigenvalue weighted by atomic mass is 32.1. The summed E-state index contributed by atoms with van der Waals surface area (Å²) in [6, 6.07) is 5.84. The molecule has 2 aromatic rings. The van der Waals surface area contributed by atoms with Gasteiger partial charge in [0.05, 0.1) is 18.8 Å². The van der Waals surface area contributed by atoms with Gasteiger partial charge in [0.25, 0.3) is 0 Å². The lowest BCUT2D eigenvalue weighted by Crippen LogP contribution is -2.36. The third-order valence-corrected chi connectivity index (χ3v) is 3.99. The lowest BCUT2D eigenvalue weighted by Gasteiger charge is -2.10. The Bertz CT molecular complexity index is 578. The molecule has 0 aliphatic rings. The molecule has 0 aromatic carbocycles. The van der Waals surface area contributed by atoms with Crippen molar-refractivity contribution in [1.29, 1.82) is 0 Å². The van der Waals surface area contributed by atoms with E-state index in [1.54, 1.807) is 24.6 Å². The van der Waals surface area contributed by atoms with Crippen molar-refractivity contribution in [2.75, 3.05) is 7.05 Å². The molecule has 0 saturated carbocycles. The number of pyridine rings is 1. The Kier molecular flexibility index (Phi) is 5.62. The highest BCUT2D eigenvalue weighted by Gasteiger charge is 2.08. The molecule has 0 aliphatic carbocycles. The zero-order chi connectivity index (χ0) is 15.1. The number of rotatable bonds is 5. The van der Waals surface area contributed by atoms with Crippen LogP contribution in [0.2, 0.25) is 0 Å². The predicted molar refractivity (Wildman–Crippen MR) is 85.3 cm³/mol. The SMILES string of the molecule is CN=C(NCc1ccccn1)NCc1nnc(C(C)C)s1. The summed E-state index contributed by atoms with van der Waals surface area (Å²) in [6.45, 7) is 5.48. The van der Waals surface area contributed by atoms with Crippen molar-refractivity contribution in [1.82, 2.24) is 25.8 Å². The van der Waals surface area contributed by atoms with Crippen LogP contribution in [0.3, 0.4) is 0 Å². The second kappa shape index (κ2) is 7.68. The first-order chi connectivity index (χ1) is 10.2. The minimum atomic E-state index is 0.415. The molecule has 0 unspecified atom stereocenters. The molecule has 0 spiro atoms. The van der Waals surface area contributed by atoms with Crippen LogP contribution >= 0.6 is 11.3 Å². The summed E-state index contributed by atoms with van der Waals surface area (Å²) in [5, 5.41) is 16.8. The maximum Gasteiger partial charge on any atom is 0.191 e. The van der Waals surface area contributed by atoms with Gasteiger partial charge in [-0.3, -0.25) is 9.98 Å². The summed E-state index contributed by atoms with van der Waals surface area (Å²) >= 11 is 1.63. The summed E-state index contributed by atoms with van der Waals surface area (Å²) in [7, 11) is 1.74. The second-order valence-electron chi connectivity index (χ2n) is 4.79. The average molecular weight is 304 g/mol. The van der Waals surface area contributed by atoms with Gasteiger partial charge in [0.2, 0.25) is 0 Å². The van der Waals surface area contributed by atoms with E-state index >= 15 is 0 Å². The summed E-state index contributed by atoms with van der Waals surface area (Å²) in [5.41, 5.74) is 0.971. The zero-order valence-electron chi connectivity index (χ0n) is 12.5. The van der Waals surface area contributed by atoms with Gasteiger partial charge in [0.1, 0.15) is 10.0 Å². The van der Waals surface area contributed by atoms with Crippen LogP contribution in [0.4, 0.5) is 0 Å². The van der Waals surface area contributed by atoms with Gasteiger partial charge in [-0.1, -0.05) is 31.3 Å². The lowest BCUT2D eigenvalue weighted by atomic mass is 10.2. The van der Waals surface area contributed by atoms with E-state index in [2.05, 4.69) is 44.7 Å². The average Bonchev–Trinajstić information content (AvgIpc) is 2.98. The van der Waals surface area contributed by atoms with Crippen molar-refractivity contribution < 1.29 is 0 Å². The van der Waals surface area contributed by atoms with Crippen molar-refractivity contribution in [3.05, 3.63) is 40.1 Å². The Morgan fingerprint density at radius 3 is 2.67 bits per heavy atom. The fourth-order valence-corrected chi connectivity index (χ4v) is 2.41. The van der Waals surface area contributed by atoms with Gasteiger partial charge in [-0.15, -0.1) is 10.2 Å². The van der Waals surface area contributed by atoms with Crippen LogP contribution in [0.15, 0.2) is 29.4 Å². The van der Waals surface area contributed by atoms with Crippen molar-refractivity contribution >= 4 is 17.3 Å². The molecule has 0 saturated heterocycles. The van der Waals surface area contributed by atoms with Gasteiger partial charge in [-0.05, 0) is 12.1 Å². The smallest absolute Gasteiger partial charge is 0.191 e. The minimum absolute atomic E-state index is 0.415. The molecule has 6 nitrogen and oxygen atoms in total. The summed E-state index contributed by atoms with van der Waals surface area (Å²) in [4.78, 5) is 8.44. The number of aliphatic imine (C=N–C) groups is 1. The van der Waals surface area contributed by atoms with Crippen LogP contribution in [-0.4, -0.2) is 28.2 Å². The number of nitrogens with one attached hydrogen (secondary N) is 2. The number of hydrogen-bond acceptors (Lipinski definition) is 5. The second-order valence-corrected chi connectivity index (χ2v) is 5.88. The molecule has 2 rings (SSSR count). The van der Waals surface area contributed by atoms with Crippen molar-refractivity contribution in [3.63, 3.8) is 0 Å². The van der Waals surface area contributed by atoms with Crippen LogP contribution in [0.25, 0.3) is 0 Å². The molecule has 7 heteroatoms. The maximum atomic E-state index is 4.26. The Labute approximate surface area is 128 Å². The van der Waals surface area contributed by atoms with Crippen LogP contribution in [0.5, 0.6) is 0 Å². The number of hydrogen-bond donors (Lipinski definition) is 2. The molecular weight excluding hydrogens is 284 g/mol. The summed E-state index contributed by atoms with van der Waals surface area (Å²) in [6.07, 6.45) is 1.78. The molecule has 2 N–H and O–H groups in total. The third kappa shape index (κ3) is 4.78. The van der Waals surface area contributed by atoms with Crippen molar-refractivity contribution in [2.24, 2.45) is 4.99 Å². The Hall–Kier alpha value is -2.02. The summed E-state index contributed by atoms with van der Waals surface area (Å²) < 4.78 is 0. The molecule has 0 amide bonds. The molecule has 21 heavy (non-hydrogen) atoms. The van der Waals surface area contributed by atoms with E-state index in [1.807, 2.05) is 18.2 Å². The van der Waals surface area contributed by atoms with E-state index in [4.69, 9.17) is 0 Å². The van der Waals surface area contributed by atoms with E-state index in [0.29, 0.717) is 19.0 Å². The molecule has 0 fully saturated rings. The van der Waals surface area contributed by atoms with E-state index in [0.717, 1.165) is 21.7 Å². The standard InChI is InChI=1S/C14H20N6S/c1-10(2)13-20-19-12(21-13)9-18-14(15-3)17-8-11-6-4-5-7-16-11/h4-7,10H,8-9H2,1-3H3,(H2,15,17,18). The molecule has 2 heterocycles. The molecule has 0 bridgehead atoms. The highest BCUT2D eigenvalue weighted by molar-refractivity contribution is 7.11. The van der Waals surface area contributed by atoms with Gasteiger partial charge >= 0.3 is 0 Å². The quantitative estimate of drug-likeness (QED) is 0.652. The van der Waals surface area contributed by atoms with Gasteiger partial charge in [0, 0.05) is 19.2 Å². The van der Waals surface area contributed by atoms with Gasteiger partial charge < -0.3 is 10.6 Å². The topological polar surface area (TPSA) is 75.1 Å². The molecule has 0 radical (unpaired) electrons. The molecule has 0 aliphatic heterocycles. The molecule has 0 atom stereocenters. The molecule has 112 valence electrons. The number of guanidine groups is 1. The molecule has 2 aromatic heterocycles. The highest BCUT2D eigenvalue weighted by Crippen LogP contribution is 2.18. The van der Waals surface area contributed by atoms with Crippen molar-refractivity contribution in [3.8, 4) is 0 Å². The monoisotopic (exact) mass is 304 g/mol. The Balaban J connectivity index is 1.82. The predicted octanol–water partition coefficient (Wildman–Crippen LogP) is 1.92. The first-order valence-electron chi connectivity index (χ1n) is 6.85. The van der Waals surface area contributed by atoms with Crippen LogP contribution < -0.4 is 10.6 Å². The van der Waals surface area contributed by atoms with E-state index in [-0.39, 0.29) is 0 Å². The molecular formula is C14H20N6S. The Morgan fingerprint density at radius 2 is 2.05 bits per heavy atom. The van der Waals surface area contributed by atoms with E-state index in [9.17, 15) is 0 Å². The van der Waals surface area contributed by atoms with E-state index in [1.165, 1.54) is 0 Å². The third-order valence-electron chi connectivity index (χ3n) is 2.77. The normalized spacial score (nSPS) is 11.7. The maximum absolute atomic E-state index is 4.26. The van der Waals surface area contributed by atoms with Gasteiger partial charge in [-0.2, -0.15) is 0 Å². The van der Waals surface area contributed by atoms with Gasteiger partial charge in [0.15, 0.2) is 5.96 Å². The minimum Gasteiger partial charge on any atom is -0.351 e.